The number of hydrogen-bond donors (Lipinski definition) is 0. The van der Waals surface area contributed by atoms with Gasteiger partial charge in [-0.25, -0.2) is 0 Å². The van der Waals surface area contributed by atoms with Gasteiger partial charge in [-0.15, -0.1) is 10.2 Å². The van der Waals surface area contributed by atoms with Crippen molar-refractivity contribution in [1.29, 1.82) is 0 Å². The maximum atomic E-state index is 12.3. The Kier molecular flexibility index (Phi) is 4.60. The van der Waals surface area contributed by atoms with Gasteiger partial charge in [-0.05, 0) is 24.6 Å². The number of amides is 2. The summed E-state index contributed by atoms with van der Waals surface area (Å²) in [4.78, 5) is 25.9. The average Bonchev–Trinajstić information content (AvgIpc) is 3.13. The van der Waals surface area contributed by atoms with Crippen molar-refractivity contribution >= 4 is 52.4 Å². The molecule has 1 aliphatic rings. The number of rotatable bonds is 5. The fourth-order valence-corrected chi connectivity index (χ4v) is 4.17. The van der Waals surface area contributed by atoms with Crippen molar-refractivity contribution in [3.05, 3.63) is 57.7 Å². The molecule has 0 aliphatic carbocycles. The molecular formula is C17H12Cl2N4O2S. The highest BCUT2D eigenvalue weighted by molar-refractivity contribution is 7.99. The highest BCUT2D eigenvalue weighted by Crippen LogP contribution is 2.26. The summed E-state index contributed by atoms with van der Waals surface area (Å²) in [6, 6.07) is 8.50. The van der Waals surface area contributed by atoms with E-state index < -0.39 is 0 Å². The number of thioether (sulfide) groups is 1. The number of pyridine rings is 1. The Morgan fingerprint density at radius 3 is 2.42 bits per heavy atom. The summed E-state index contributed by atoms with van der Waals surface area (Å²) in [5.41, 5.74) is 1.48. The smallest absolute Gasteiger partial charge is 0.261 e. The van der Waals surface area contributed by atoms with E-state index in [0.717, 1.165) is 0 Å². The van der Waals surface area contributed by atoms with Gasteiger partial charge in [0.1, 0.15) is 0 Å². The summed E-state index contributed by atoms with van der Waals surface area (Å²) in [7, 11) is 0. The van der Waals surface area contributed by atoms with E-state index in [1.807, 2.05) is 0 Å². The van der Waals surface area contributed by atoms with Crippen LogP contribution in [0.15, 0.2) is 41.7 Å². The quantitative estimate of drug-likeness (QED) is 0.366. The predicted molar refractivity (Wildman–Crippen MR) is 100 cm³/mol. The summed E-state index contributed by atoms with van der Waals surface area (Å²) in [6.07, 6.45) is 2.34. The molecule has 0 unspecified atom stereocenters. The molecule has 0 bridgehead atoms. The van der Waals surface area contributed by atoms with E-state index in [9.17, 15) is 9.59 Å². The number of benzene rings is 1. The van der Waals surface area contributed by atoms with Crippen LogP contribution in [-0.2, 0) is 0 Å². The van der Waals surface area contributed by atoms with E-state index in [-0.39, 0.29) is 11.8 Å². The highest BCUT2D eigenvalue weighted by Gasteiger charge is 2.34. The highest BCUT2D eigenvalue weighted by atomic mass is 35.5. The van der Waals surface area contributed by atoms with Crippen LogP contribution in [0.4, 0.5) is 0 Å². The molecule has 1 aliphatic heterocycles. The summed E-state index contributed by atoms with van der Waals surface area (Å²) in [5.74, 6) is 0.197. The minimum atomic E-state index is -0.234. The molecule has 132 valence electrons. The Morgan fingerprint density at radius 2 is 1.73 bits per heavy atom. The van der Waals surface area contributed by atoms with Crippen molar-refractivity contribution in [3.63, 3.8) is 0 Å². The third-order valence-corrected chi connectivity index (χ3v) is 5.54. The second-order valence-electron chi connectivity index (χ2n) is 5.69. The molecule has 1 aromatic carbocycles. The lowest BCUT2D eigenvalue weighted by Gasteiger charge is -2.13. The SMILES string of the molecule is O=C1c2ccccc2C(=O)N1CCCSc1nnc2c(Cl)cc(Cl)cn12. The van der Waals surface area contributed by atoms with Crippen molar-refractivity contribution in [2.75, 3.05) is 12.3 Å². The molecule has 4 rings (SSSR count). The van der Waals surface area contributed by atoms with E-state index >= 15 is 0 Å². The molecule has 0 saturated heterocycles. The Morgan fingerprint density at radius 1 is 1.04 bits per heavy atom. The lowest BCUT2D eigenvalue weighted by Crippen LogP contribution is -2.31. The zero-order valence-electron chi connectivity index (χ0n) is 13.4. The number of imide groups is 1. The van der Waals surface area contributed by atoms with Crippen LogP contribution in [-0.4, -0.2) is 43.6 Å². The average molecular weight is 407 g/mol. The molecule has 2 amide bonds. The normalized spacial score (nSPS) is 13.7. The fourth-order valence-electron chi connectivity index (χ4n) is 2.83. The van der Waals surface area contributed by atoms with Gasteiger partial charge in [-0.1, -0.05) is 47.1 Å². The third kappa shape index (κ3) is 2.96. The molecule has 0 saturated carbocycles. The van der Waals surface area contributed by atoms with Crippen LogP contribution in [0, 0.1) is 0 Å². The molecule has 9 heteroatoms. The van der Waals surface area contributed by atoms with Crippen LogP contribution in [0.25, 0.3) is 5.65 Å². The lowest BCUT2D eigenvalue weighted by atomic mass is 10.1. The Bertz CT molecular complexity index is 1000. The van der Waals surface area contributed by atoms with Crippen molar-refractivity contribution in [3.8, 4) is 0 Å². The second kappa shape index (κ2) is 6.90. The van der Waals surface area contributed by atoms with E-state index in [1.165, 1.54) is 16.7 Å². The zero-order valence-corrected chi connectivity index (χ0v) is 15.7. The van der Waals surface area contributed by atoms with Crippen LogP contribution in [0.3, 0.4) is 0 Å². The van der Waals surface area contributed by atoms with Crippen LogP contribution in [0.2, 0.25) is 10.0 Å². The fraction of sp³-hybridized carbons (Fsp3) is 0.176. The largest absolute Gasteiger partial charge is 0.275 e. The first-order valence-corrected chi connectivity index (χ1v) is 9.58. The van der Waals surface area contributed by atoms with Gasteiger partial charge in [0.25, 0.3) is 11.8 Å². The van der Waals surface area contributed by atoms with Crippen molar-refractivity contribution in [2.45, 2.75) is 11.6 Å². The minimum Gasteiger partial charge on any atom is -0.275 e. The summed E-state index contributed by atoms with van der Waals surface area (Å²) >= 11 is 13.6. The predicted octanol–water partition coefficient (Wildman–Crippen LogP) is 3.81. The van der Waals surface area contributed by atoms with Crippen LogP contribution in [0.1, 0.15) is 27.1 Å². The molecular weight excluding hydrogens is 395 g/mol. The molecule has 6 nitrogen and oxygen atoms in total. The number of halogens is 2. The topological polar surface area (TPSA) is 67.6 Å². The van der Waals surface area contributed by atoms with Gasteiger partial charge >= 0.3 is 0 Å². The van der Waals surface area contributed by atoms with Crippen molar-refractivity contribution in [2.24, 2.45) is 0 Å². The van der Waals surface area contributed by atoms with Gasteiger partial charge in [0.05, 0.1) is 21.2 Å². The van der Waals surface area contributed by atoms with Gasteiger partial charge in [0, 0.05) is 18.5 Å². The number of fused-ring (bicyclic) bond motifs is 2. The monoisotopic (exact) mass is 406 g/mol. The van der Waals surface area contributed by atoms with Crippen LogP contribution < -0.4 is 0 Å². The van der Waals surface area contributed by atoms with Gasteiger partial charge in [0.15, 0.2) is 10.8 Å². The maximum Gasteiger partial charge on any atom is 0.261 e. The van der Waals surface area contributed by atoms with E-state index in [4.69, 9.17) is 23.2 Å². The lowest BCUT2D eigenvalue weighted by molar-refractivity contribution is 0.0655. The third-order valence-electron chi connectivity index (χ3n) is 4.03. The summed E-state index contributed by atoms with van der Waals surface area (Å²) < 4.78 is 1.73. The summed E-state index contributed by atoms with van der Waals surface area (Å²) in [6.45, 7) is 0.359. The number of carbonyl (C=O) groups is 2. The molecule has 0 spiro atoms. The number of aromatic nitrogens is 3. The van der Waals surface area contributed by atoms with E-state index in [1.54, 1.807) is 40.9 Å². The first-order valence-electron chi connectivity index (χ1n) is 7.84. The maximum absolute atomic E-state index is 12.3. The molecule has 0 N–H and O–H groups in total. The van der Waals surface area contributed by atoms with Crippen LogP contribution in [0.5, 0.6) is 0 Å². The Labute approximate surface area is 163 Å². The van der Waals surface area contributed by atoms with Gasteiger partial charge in [-0.2, -0.15) is 0 Å². The van der Waals surface area contributed by atoms with Gasteiger partial charge < -0.3 is 0 Å². The second-order valence-corrected chi connectivity index (χ2v) is 7.60. The standard InChI is InChI=1S/C17H12Cl2N4O2S/c18-10-8-13(19)14-20-21-17(23(14)9-10)26-7-3-6-22-15(24)11-4-1-2-5-12(11)16(22)25/h1-2,4-5,8-9H,3,6-7H2. The van der Waals surface area contributed by atoms with E-state index in [2.05, 4.69) is 10.2 Å². The molecule has 2 aromatic heterocycles. The van der Waals surface area contributed by atoms with Gasteiger partial charge in [0.2, 0.25) is 0 Å². The summed E-state index contributed by atoms with van der Waals surface area (Å²) in [5, 5.41) is 9.75. The minimum absolute atomic E-state index is 0.234. The molecule has 0 radical (unpaired) electrons. The molecule has 0 fully saturated rings. The zero-order chi connectivity index (χ0) is 18.3. The molecule has 3 aromatic rings. The van der Waals surface area contributed by atoms with Crippen molar-refractivity contribution < 1.29 is 9.59 Å². The van der Waals surface area contributed by atoms with Crippen LogP contribution >= 0.6 is 35.0 Å². The molecule has 3 heterocycles. The molecule has 26 heavy (non-hydrogen) atoms. The van der Waals surface area contributed by atoms with E-state index in [0.29, 0.717) is 50.7 Å². The number of carbonyl (C=O) groups excluding carboxylic acids is 2. The Hall–Kier alpha value is -2.09. The van der Waals surface area contributed by atoms with Crippen molar-refractivity contribution in [1.82, 2.24) is 19.5 Å². The van der Waals surface area contributed by atoms with Gasteiger partial charge in [-0.3, -0.25) is 18.9 Å². The first-order chi connectivity index (χ1) is 12.6. The Balaban J connectivity index is 1.40. The first kappa shape index (κ1) is 17.3. The number of hydrogen-bond acceptors (Lipinski definition) is 5. The molecule has 0 atom stereocenters. The number of nitrogens with zero attached hydrogens (tertiary/aromatic N) is 4.